The predicted octanol–water partition coefficient (Wildman–Crippen LogP) is 1.76. The normalized spacial score (nSPS) is 12.3. The van der Waals surface area contributed by atoms with Crippen LogP contribution >= 0.6 is 11.6 Å². The summed E-state index contributed by atoms with van der Waals surface area (Å²) >= 11 is 5.65. The highest BCUT2D eigenvalue weighted by Crippen LogP contribution is 1.98. The van der Waals surface area contributed by atoms with Crippen molar-refractivity contribution in [3.63, 3.8) is 0 Å². The van der Waals surface area contributed by atoms with Crippen LogP contribution in [0.1, 0.15) is 26.7 Å². The molecule has 92 valence electrons. The lowest BCUT2D eigenvalue weighted by molar-refractivity contribution is 0.307. The lowest BCUT2D eigenvalue weighted by atomic mass is 10.4. The van der Waals surface area contributed by atoms with Crippen molar-refractivity contribution in [2.45, 2.75) is 26.7 Å². The van der Waals surface area contributed by atoms with Crippen molar-refractivity contribution in [1.82, 2.24) is 4.90 Å². The summed E-state index contributed by atoms with van der Waals surface area (Å²) in [6, 6.07) is 0. The number of rotatable bonds is 9. The van der Waals surface area contributed by atoms with E-state index in [2.05, 4.69) is 11.8 Å². The van der Waals surface area contributed by atoms with Crippen molar-refractivity contribution in [3.05, 3.63) is 0 Å². The molecule has 0 spiro atoms. The van der Waals surface area contributed by atoms with E-state index in [4.69, 9.17) is 11.6 Å². The van der Waals surface area contributed by atoms with Gasteiger partial charge in [-0.1, -0.05) is 13.8 Å². The molecule has 0 bridgehead atoms. The minimum Gasteiger partial charge on any atom is -0.301 e. The van der Waals surface area contributed by atoms with Crippen LogP contribution in [0.3, 0.4) is 0 Å². The maximum Gasteiger partial charge on any atom is 0.151 e. The Hall–Kier alpha value is 0.200. The first-order valence-corrected chi connectivity index (χ1v) is 7.90. The molecule has 0 atom stereocenters. The van der Waals surface area contributed by atoms with Gasteiger partial charge in [0.2, 0.25) is 0 Å². The number of halogens is 1. The Labute approximate surface area is 98.7 Å². The molecule has 0 aromatic heterocycles. The van der Waals surface area contributed by atoms with Gasteiger partial charge in [-0.2, -0.15) is 0 Å². The molecule has 0 aromatic carbocycles. The summed E-state index contributed by atoms with van der Waals surface area (Å²) in [5.41, 5.74) is 0. The molecule has 0 aliphatic heterocycles. The van der Waals surface area contributed by atoms with Gasteiger partial charge in [0.25, 0.3) is 0 Å². The monoisotopic (exact) mass is 255 g/mol. The summed E-state index contributed by atoms with van der Waals surface area (Å²) in [7, 11) is -2.85. The average molecular weight is 256 g/mol. The number of sulfone groups is 1. The fraction of sp³-hybridized carbons (Fsp3) is 1.00. The quantitative estimate of drug-likeness (QED) is 0.590. The molecule has 0 fully saturated rings. The largest absolute Gasteiger partial charge is 0.301 e. The average Bonchev–Trinajstić information content (AvgIpc) is 2.15. The maximum absolute atomic E-state index is 11.5. The molecule has 3 nitrogen and oxygen atoms in total. The third-order valence-electron chi connectivity index (χ3n) is 2.17. The van der Waals surface area contributed by atoms with E-state index in [0.29, 0.717) is 24.6 Å². The second-order valence-corrected chi connectivity index (χ2v) is 6.36. The van der Waals surface area contributed by atoms with Crippen molar-refractivity contribution in [2.24, 2.45) is 0 Å². The molecule has 0 amide bonds. The predicted molar refractivity (Wildman–Crippen MR) is 66.4 cm³/mol. The smallest absolute Gasteiger partial charge is 0.151 e. The molecule has 0 unspecified atom stereocenters. The van der Waals surface area contributed by atoms with Gasteiger partial charge < -0.3 is 4.90 Å². The third-order valence-corrected chi connectivity index (χ3v) is 4.18. The topological polar surface area (TPSA) is 37.4 Å². The van der Waals surface area contributed by atoms with Crippen LogP contribution in [-0.2, 0) is 9.84 Å². The van der Waals surface area contributed by atoms with Gasteiger partial charge in [0.05, 0.1) is 5.75 Å². The summed E-state index contributed by atoms with van der Waals surface area (Å²) in [4.78, 5) is 2.11. The van der Waals surface area contributed by atoms with Crippen LogP contribution in [0.5, 0.6) is 0 Å². The number of hydrogen-bond acceptors (Lipinski definition) is 3. The molecule has 0 N–H and O–H groups in total. The molecule has 15 heavy (non-hydrogen) atoms. The van der Waals surface area contributed by atoms with Crippen molar-refractivity contribution in [3.8, 4) is 0 Å². The van der Waals surface area contributed by atoms with Crippen LogP contribution < -0.4 is 0 Å². The van der Waals surface area contributed by atoms with E-state index in [1.165, 1.54) is 0 Å². The highest BCUT2D eigenvalue weighted by Gasteiger charge is 2.11. The molecule has 0 saturated carbocycles. The summed E-state index contributed by atoms with van der Waals surface area (Å²) in [5, 5.41) is 0. The second kappa shape index (κ2) is 8.36. The summed E-state index contributed by atoms with van der Waals surface area (Å²) in [6.07, 6.45) is 1.73. The lowest BCUT2D eigenvalue weighted by Crippen LogP contribution is -2.32. The Morgan fingerprint density at radius 2 is 1.67 bits per heavy atom. The molecular formula is C10H22ClNO2S. The van der Waals surface area contributed by atoms with Gasteiger partial charge in [0, 0.05) is 24.7 Å². The first-order valence-electron chi connectivity index (χ1n) is 5.54. The van der Waals surface area contributed by atoms with Crippen LogP contribution in [0.15, 0.2) is 0 Å². The first kappa shape index (κ1) is 15.2. The van der Waals surface area contributed by atoms with Gasteiger partial charge in [-0.25, -0.2) is 8.42 Å². The standard InChI is InChI=1S/C10H22ClNO2S/c1-3-6-12(7-5-11)8-10-15(13,14)9-4-2/h3-10H2,1-2H3. The van der Waals surface area contributed by atoms with E-state index in [0.717, 1.165) is 19.5 Å². The van der Waals surface area contributed by atoms with Gasteiger partial charge in [-0.15, -0.1) is 11.6 Å². The zero-order chi connectivity index (χ0) is 11.7. The molecule has 0 aliphatic carbocycles. The van der Waals surface area contributed by atoms with Gasteiger partial charge >= 0.3 is 0 Å². The zero-order valence-electron chi connectivity index (χ0n) is 9.71. The van der Waals surface area contributed by atoms with Crippen LogP contribution in [0.25, 0.3) is 0 Å². The van der Waals surface area contributed by atoms with E-state index >= 15 is 0 Å². The Morgan fingerprint density at radius 1 is 1.00 bits per heavy atom. The van der Waals surface area contributed by atoms with Gasteiger partial charge in [-0.3, -0.25) is 0 Å². The minimum absolute atomic E-state index is 0.262. The maximum atomic E-state index is 11.5. The van der Waals surface area contributed by atoms with Gasteiger partial charge in [0.15, 0.2) is 9.84 Å². The summed E-state index contributed by atoms with van der Waals surface area (Å²) in [6.45, 7) is 6.29. The highest BCUT2D eigenvalue weighted by molar-refractivity contribution is 7.91. The third kappa shape index (κ3) is 8.05. The summed E-state index contributed by atoms with van der Waals surface area (Å²) in [5.74, 6) is 1.12. The summed E-state index contributed by atoms with van der Waals surface area (Å²) < 4.78 is 23.0. The SMILES string of the molecule is CCCN(CCCl)CCS(=O)(=O)CCC. The van der Waals surface area contributed by atoms with Crippen LogP contribution in [0.4, 0.5) is 0 Å². The number of nitrogens with zero attached hydrogens (tertiary/aromatic N) is 1. The fourth-order valence-electron chi connectivity index (χ4n) is 1.45. The number of alkyl halides is 1. The van der Waals surface area contributed by atoms with E-state index in [-0.39, 0.29) is 5.75 Å². The second-order valence-electron chi connectivity index (χ2n) is 3.68. The molecule has 0 aliphatic rings. The van der Waals surface area contributed by atoms with Crippen LogP contribution in [0.2, 0.25) is 0 Å². The Kier molecular flexibility index (Phi) is 8.47. The Balaban J connectivity index is 3.97. The van der Waals surface area contributed by atoms with Crippen molar-refractivity contribution in [1.29, 1.82) is 0 Å². The lowest BCUT2D eigenvalue weighted by Gasteiger charge is -2.20. The minimum atomic E-state index is -2.85. The van der Waals surface area contributed by atoms with Gasteiger partial charge in [0.1, 0.15) is 0 Å². The number of hydrogen-bond donors (Lipinski definition) is 0. The molecule has 0 radical (unpaired) electrons. The Morgan fingerprint density at radius 3 is 2.13 bits per heavy atom. The molecular weight excluding hydrogens is 234 g/mol. The molecule has 0 saturated heterocycles. The van der Waals surface area contributed by atoms with E-state index < -0.39 is 9.84 Å². The molecule has 0 rings (SSSR count). The van der Waals surface area contributed by atoms with Crippen LogP contribution in [0, 0.1) is 0 Å². The first-order chi connectivity index (χ1) is 7.05. The molecule has 0 heterocycles. The van der Waals surface area contributed by atoms with E-state index in [9.17, 15) is 8.42 Å². The van der Waals surface area contributed by atoms with E-state index in [1.54, 1.807) is 0 Å². The van der Waals surface area contributed by atoms with Crippen molar-refractivity contribution >= 4 is 21.4 Å². The Bertz CT molecular complexity index is 236. The molecule has 0 aromatic rings. The van der Waals surface area contributed by atoms with Crippen molar-refractivity contribution in [2.75, 3.05) is 37.0 Å². The molecule has 5 heteroatoms. The van der Waals surface area contributed by atoms with Gasteiger partial charge in [-0.05, 0) is 19.4 Å². The van der Waals surface area contributed by atoms with E-state index in [1.807, 2.05) is 6.92 Å². The fourth-order valence-corrected chi connectivity index (χ4v) is 3.05. The van der Waals surface area contributed by atoms with Crippen LogP contribution in [-0.4, -0.2) is 50.3 Å². The highest BCUT2D eigenvalue weighted by atomic mass is 35.5. The van der Waals surface area contributed by atoms with Crippen molar-refractivity contribution < 1.29 is 8.42 Å². The zero-order valence-corrected chi connectivity index (χ0v) is 11.3.